The van der Waals surface area contributed by atoms with Crippen LogP contribution in [0.3, 0.4) is 0 Å². The number of carbonyl (C=O) groups excluding carboxylic acids is 1. The van der Waals surface area contributed by atoms with Crippen LogP contribution >= 0.6 is 27.5 Å². The van der Waals surface area contributed by atoms with Crippen molar-refractivity contribution in [2.24, 2.45) is 0 Å². The average Bonchev–Trinajstić information content (AvgIpc) is 2.36. The number of phenols is 1. The number of carbonyl (C=O) groups is 1. The summed E-state index contributed by atoms with van der Waals surface area (Å²) in [5, 5.41) is 12.6. The van der Waals surface area contributed by atoms with E-state index in [1.54, 1.807) is 37.3 Å². The summed E-state index contributed by atoms with van der Waals surface area (Å²) in [6.07, 6.45) is 0. The van der Waals surface area contributed by atoms with Gasteiger partial charge in [-0.1, -0.05) is 27.5 Å². The maximum atomic E-state index is 12.1. The summed E-state index contributed by atoms with van der Waals surface area (Å²) in [6.45, 7) is 1.76. The molecule has 2 N–H and O–H groups in total. The van der Waals surface area contributed by atoms with Crippen molar-refractivity contribution < 1.29 is 9.90 Å². The third-order valence-electron chi connectivity index (χ3n) is 2.63. The van der Waals surface area contributed by atoms with Gasteiger partial charge in [-0.05, 0) is 48.9 Å². The molecule has 0 unspecified atom stereocenters. The number of anilines is 1. The lowest BCUT2D eigenvalue weighted by Gasteiger charge is -2.08. The molecule has 98 valence electrons. The Balaban J connectivity index is 2.25. The number of aryl methyl sites for hydroxylation is 1. The molecule has 0 spiro atoms. The number of halogens is 2. The number of rotatable bonds is 2. The summed E-state index contributed by atoms with van der Waals surface area (Å²) in [5.41, 5.74) is 1.69. The number of hydrogen-bond donors (Lipinski definition) is 2. The number of phenolic OH excluding ortho intramolecular Hbond substituents is 1. The third-order valence-corrected chi connectivity index (χ3v) is 3.45. The van der Waals surface area contributed by atoms with Crippen molar-refractivity contribution in [1.82, 2.24) is 0 Å². The van der Waals surface area contributed by atoms with Crippen LogP contribution < -0.4 is 5.32 Å². The molecule has 0 aliphatic heterocycles. The van der Waals surface area contributed by atoms with E-state index in [9.17, 15) is 9.90 Å². The second-order valence-corrected chi connectivity index (χ2v) is 5.40. The second-order valence-electron chi connectivity index (χ2n) is 4.08. The summed E-state index contributed by atoms with van der Waals surface area (Å²) in [5.74, 6) is -0.102. The van der Waals surface area contributed by atoms with Gasteiger partial charge in [0, 0.05) is 10.2 Å². The molecule has 2 rings (SSSR count). The second kappa shape index (κ2) is 5.63. The van der Waals surface area contributed by atoms with Crippen molar-refractivity contribution in [3.05, 3.63) is 57.0 Å². The van der Waals surface area contributed by atoms with Crippen LogP contribution in [0.4, 0.5) is 5.69 Å². The molecule has 0 radical (unpaired) electrons. The number of nitrogens with one attached hydrogen (secondary N) is 1. The quantitative estimate of drug-likeness (QED) is 0.798. The summed E-state index contributed by atoms with van der Waals surface area (Å²) in [7, 11) is 0. The van der Waals surface area contributed by atoms with E-state index in [2.05, 4.69) is 21.2 Å². The fraction of sp³-hybridized carbons (Fsp3) is 0.0714. The minimum atomic E-state index is -0.295. The molecule has 0 aliphatic carbocycles. The molecule has 5 heteroatoms. The molecule has 0 saturated carbocycles. The highest BCUT2D eigenvalue weighted by Gasteiger charge is 2.11. The molecule has 2 aromatic rings. The first-order valence-electron chi connectivity index (χ1n) is 5.53. The van der Waals surface area contributed by atoms with Crippen LogP contribution in [0.1, 0.15) is 15.9 Å². The Bertz CT molecular complexity index is 643. The molecule has 0 bridgehead atoms. The van der Waals surface area contributed by atoms with Crippen LogP contribution in [0.15, 0.2) is 40.9 Å². The summed E-state index contributed by atoms with van der Waals surface area (Å²) >= 11 is 9.29. The fourth-order valence-corrected chi connectivity index (χ4v) is 2.17. The Kier molecular flexibility index (Phi) is 4.12. The molecule has 0 saturated heterocycles. The maximum Gasteiger partial charge on any atom is 0.257 e. The van der Waals surface area contributed by atoms with Gasteiger partial charge in [-0.2, -0.15) is 0 Å². The van der Waals surface area contributed by atoms with Crippen molar-refractivity contribution in [2.45, 2.75) is 6.92 Å². The summed E-state index contributed by atoms with van der Waals surface area (Å²) < 4.78 is 0.781. The van der Waals surface area contributed by atoms with Gasteiger partial charge in [-0.25, -0.2) is 0 Å². The van der Waals surface area contributed by atoms with Crippen molar-refractivity contribution in [3.8, 4) is 5.75 Å². The summed E-state index contributed by atoms with van der Waals surface area (Å²) in [4.78, 5) is 12.1. The van der Waals surface area contributed by atoms with E-state index >= 15 is 0 Å². The van der Waals surface area contributed by atoms with E-state index in [1.165, 1.54) is 6.07 Å². The molecule has 0 atom stereocenters. The monoisotopic (exact) mass is 339 g/mol. The first kappa shape index (κ1) is 13.9. The van der Waals surface area contributed by atoms with Crippen LogP contribution in [0.2, 0.25) is 5.02 Å². The first-order chi connectivity index (χ1) is 8.97. The lowest BCUT2D eigenvalue weighted by molar-refractivity contribution is 0.102. The summed E-state index contributed by atoms with van der Waals surface area (Å²) in [6, 6.07) is 9.94. The average molecular weight is 341 g/mol. The van der Waals surface area contributed by atoms with Crippen LogP contribution in [-0.2, 0) is 0 Å². The zero-order chi connectivity index (χ0) is 14.0. The SMILES string of the molecule is Cc1cc(NC(=O)c2cc(Br)ccc2Cl)ccc1O. The van der Waals surface area contributed by atoms with Gasteiger partial charge in [-0.3, -0.25) is 4.79 Å². The molecule has 0 aliphatic rings. The highest BCUT2D eigenvalue weighted by atomic mass is 79.9. The highest BCUT2D eigenvalue weighted by molar-refractivity contribution is 9.10. The van der Waals surface area contributed by atoms with Gasteiger partial charge in [0.15, 0.2) is 0 Å². The van der Waals surface area contributed by atoms with Gasteiger partial charge in [0.05, 0.1) is 10.6 Å². The lowest BCUT2D eigenvalue weighted by atomic mass is 10.1. The van der Waals surface area contributed by atoms with Crippen LogP contribution in [0.25, 0.3) is 0 Å². The first-order valence-corrected chi connectivity index (χ1v) is 6.70. The minimum absolute atomic E-state index is 0.193. The molecule has 3 nitrogen and oxygen atoms in total. The largest absolute Gasteiger partial charge is 0.508 e. The fourth-order valence-electron chi connectivity index (χ4n) is 1.60. The predicted molar refractivity (Wildman–Crippen MR) is 79.9 cm³/mol. The molecule has 0 fully saturated rings. The lowest BCUT2D eigenvalue weighted by Crippen LogP contribution is -2.12. The van der Waals surface area contributed by atoms with Crippen LogP contribution in [-0.4, -0.2) is 11.0 Å². The van der Waals surface area contributed by atoms with Crippen molar-refractivity contribution in [2.75, 3.05) is 5.32 Å². The predicted octanol–water partition coefficient (Wildman–Crippen LogP) is 4.37. The Morgan fingerprint density at radius 1 is 1.26 bits per heavy atom. The third kappa shape index (κ3) is 3.28. The van der Waals surface area contributed by atoms with E-state index < -0.39 is 0 Å². The van der Waals surface area contributed by atoms with Crippen LogP contribution in [0, 0.1) is 6.92 Å². The Labute approximate surface area is 124 Å². The minimum Gasteiger partial charge on any atom is -0.508 e. The van der Waals surface area contributed by atoms with Crippen LogP contribution in [0.5, 0.6) is 5.75 Å². The molecular weight excluding hydrogens is 330 g/mol. The van der Waals surface area contributed by atoms with E-state index in [-0.39, 0.29) is 11.7 Å². The van der Waals surface area contributed by atoms with Gasteiger partial charge in [0.2, 0.25) is 0 Å². The zero-order valence-corrected chi connectivity index (χ0v) is 12.4. The Morgan fingerprint density at radius 2 is 2.00 bits per heavy atom. The van der Waals surface area contributed by atoms with E-state index in [4.69, 9.17) is 11.6 Å². The number of benzene rings is 2. The van der Waals surface area contributed by atoms with Gasteiger partial charge in [0.1, 0.15) is 5.75 Å². The normalized spacial score (nSPS) is 10.3. The molecule has 0 heterocycles. The topological polar surface area (TPSA) is 49.3 Å². The molecule has 0 aromatic heterocycles. The number of hydrogen-bond acceptors (Lipinski definition) is 2. The molecule has 1 amide bonds. The van der Waals surface area contributed by atoms with Gasteiger partial charge < -0.3 is 10.4 Å². The van der Waals surface area contributed by atoms with E-state index in [1.807, 2.05) is 0 Å². The molecule has 2 aromatic carbocycles. The standard InChI is InChI=1S/C14H11BrClNO2/c1-8-6-10(3-5-13(8)18)17-14(19)11-7-9(15)2-4-12(11)16/h2-7,18H,1H3,(H,17,19). The Morgan fingerprint density at radius 3 is 2.68 bits per heavy atom. The number of aromatic hydroxyl groups is 1. The molecular formula is C14H11BrClNO2. The smallest absolute Gasteiger partial charge is 0.257 e. The van der Waals surface area contributed by atoms with Gasteiger partial charge in [0.25, 0.3) is 5.91 Å². The zero-order valence-electron chi connectivity index (χ0n) is 10.1. The van der Waals surface area contributed by atoms with E-state index in [0.717, 1.165) is 4.47 Å². The van der Waals surface area contributed by atoms with Crippen molar-refractivity contribution in [3.63, 3.8) is 0 Å². The van der Waals surface area contributed by atoms with Gasteiger partial charge in [-0.15, -0.1) is 0 Å². The Hall–Kier alpha value is -1.52. The van der Waals surface area contributed by atoms with Crippen molar-refractivity contribution in [1.29, 1.82) is 0 Å². The maximum absolute atomic E-state index is 12.1. The molecule has 19 heavy (non-hydrogen) atoms. The van der Waals surface area contributed by atoms with Crippen molar-refractivity contribution >= 4 is 39.1 Å². The van der Waals surface area contributed by atoms with Gasteiger partial charge >= 0.3 is 0 Å². The van der Waals surface area contributed by atoms with E-state index in [0.29, 0.717) is 21.8 Å². The highest BCUT2D eigenvalue weighted by Crippen LogP contribution is 2.24. The number of amides is 1.